The topological polar surface area (TPSA) is 70.7 Å². The standard InChI is InChI=1S/C23H27N3O3/c1-3-14-24-22(27)18-8-4-6-10-20(18)26-15-12-17(13-16-26)25-23(28)19-9-5-7-11-21(19)29-2/h3-11,17H,1,12-16H2,2H3,(H,24,27)(H,25,28). The summed E-state index contributed by atoms with van der Waals surface area (Å²) in [5.41, 5.74) is 2.12. The molecule has 0 saturated carbocycles. The molecule has 0 spiro atoms. The Morgan fingerprint density at radius 2 is 1.72 bits per heavy atom. The Bertz CT molecular complexity index is 873. The Kier molecular flexibility index (Phi) is 6.89. The lowest BCUT2D eigenvalue weighted by molar-refractivity contribution is 0.0927. The molecule has 1 fully saturated rings. The number of methoxy groups -OCH3 is 1. The van der Waals surface area contributed by atoms with E-state index < -0.39 is 0 Å². The van der Waals surface area contributed by atoms with Gasteiger partial charge in [-0.05, 0) is 37.1 Å². The van der Waals surface area contributed by atoms with E-state index in [0.717, 1.165) is 31.6 Å². The van der Waals surface area contributed by atoms with Crippen LogP contribution < -0.4 is 20.3 Å². The predicted octanol–water partition coefficient (Wildman–Crippen LogP) is 3.01. The monoisotopic (exact) mass is 393 g/mol. The van der Waals surface area contributed by atoms with Gasteiger partial charge in [0.25, 0.3) is 11.8 Å². The number of anilines is 1. The van der Waals surface area contributed by atoms with Crippen LogP contribution in [0.5, 0.6) is 5.75 Å². The SMILES string of the molecule is C=CCNC(=O)c1ccccc1N1CCC(NC(=O)c2ccccc2OC)CC1. The van der Waals surface area contributed by atoms with Crippen LogP contribution in [-0.2, 0) is 0 Å². The van der Waals surface area contributed by atoms with Crippen molar-refractivity contribution in [3.63, 3.8) is 0 Å². The summed E-state index contributed by atoms with van der Waals surface area (Å²) in [5.74, 6) is 0.346. The summed E-state index contributed by atoms with van der Waals surface area (Å²) in [6, 6.07) is 14.9. The van der Waals surface area contributed by atoms with Crippen molar-refractivity contribution in [2.24, 2.45) is 0 Å². The van der Waals surface area contributed by atoms with Crippen LogP contribution in [-0.4, -0.2) is 44.6 Å². The van der Waals surface area contributed by atoms with Crippen molar-refractivity contribution in [3.05, 3.63) is 72.3 Å². The van der Waals surface area contributed by atoms with Crippen LogP contribution >= 0.6 is 0 Å². The molecule has 1 saturated heterocycles. The maximum absolute atomic E-state index is 12.6. The van der Waals surface area contributed by atoms with Crippen LogP contribution in [0.3, 0.4) is 0 Å². The number of hydrogen-bond donors (Lipinski definition) is 2. The lowest BCUT2D eigenvalue weighted by atomic mass is 10.0. The van der Waals surface area contributed by atoms with E-state index in [2.05, 4.69) is 22.1 Å². The highest BCUT2D eigenvalue weighted by Crippen LogP contribution is 2.25. The smallest absolute Gasteiger partial charge is 0.255 e. The number of carbonyl (C=O) groups is 2. The van der Waals surface area contributed by atoms with Crippen molar-refractivity contribution < 1.29 is 14.3 Å². The van der Waals surface area contributed by atoms with Crippen molar-refractivity contribution in [2.45, 2.75) is 18.9 Å². The summed E-state index contributed by atoms with van der Waals surface area (Å²) in [6.07, 6.45) is 3.28. The molecule has 1 aliphatic heterocycles. The molecule has 2 amide bonds. The van der Waals surface area contributed by atoms with E-state index in [9.17, 15) is 9.59 Å². The molecule has 6 heteroatoms. The fourth-order valence-electron chi connectivity index (χ4n) is 3.56. The third kappa shape index (κ3) is 4.96. The predicted molar refractivity (Wildman–Crippen MR) is 115 cm³/mol. The second-order valence-electron chi connectivity index (χ2n) is 6.95. The fourth-order valence-corrected chi connectivity index (χ4v) is 3.56. The quantitative estimate of drug-likeness (QED) is 0.710. The first-order chi connectivity index (χ1) is 14.1. The lowest BCUT2D eigenvalue weighted by Gasteiger charge is -2.35. The fraction of sp³-hybridized carbons (Fsp3) is 0.304. The van der Waals surface area contributed by atoms with Gasteiger partial charge in [0.2, 0.25) is 0 Å². The van der Waals surface area contributed by atoms with E-state index >= 15 is 0 Å². The van der Waals surface area contributed by atoms with Crippen LogP contribution in [0.2, 0.25) is 0 Å². The van der Waals surface area contributed by atoms with Crippen LogP contribution in [0.1, 0.15) is 33.6 Å². The minimum Gasteiger partial charge on any atom is -0.496 e. The summed E-state index contributed by atoms with van der Waals surface area (Å²) < 4.78 is 5.28. The normalized spacial score (nSPS) is 14.2. The molecule has 0 atom stereocenters. The number of para-hydroxylation sites is 2. The zero-order chi connectivity index (χ0) is 20.6. The van der Waals surface area contributed by atoms with Gasteiger partial charge >= 0.3 is 0 Å². The van der Waals surface area contributed by atoms with E-state index in [1.54, 1.807) is 25.3 Å². The summed E-state index contributed by atoms with van der Waals surface area (Å²) in [5, 5.41) is 5.95. The van der Waals surface area contributed by atoms with Gasteiger partial charge in [0.15, 0.2) is 0 Å². The van der Waals surface area contributed by atoms with E-state index in [-0.39, 0.29) is 17.9 Å². The first kappa shape index (κ1) is 20.5. The molecule has 29 heavy (non-hydrogen) atoms. The second-order valence-corrected chi connectivity index (χ2v) is 6.95. The molecule has 0 aromatic heterocycles. The number of rotatable bonds is 7. The Labute approximate surface area is 171 Å². The minimum atomic E-state index is -0.120. The summed E-state index contributed by atoms with van der Waals surface area (Å²) in [7, 11) is 1.56. The molecule has 2 N–H and O–H groups in total. The Hall–Kier alpha value is -3.28. The van der Waals surface area contributed by atoms with Crippen molar-refractivity contribution >= 4 is 17.5 Å². The maximum atomic E-state index is 12.6. The van der Waals surface area contributed by atoms with Crippen LogP contribution in [0.15, 0.2) is 61.2 Å². The number of piperidine rings is 1. The van der Waals surface area contributed by atoms with Crippen molar-refractivity contribution in [3.8, 4) is 5.75 Å². The van der Waals surface area contributed by atoms with Crippen LogP contribution in [0.25, 0.3) is 0 Å². The van der Waals surface area contributed by atoms with Crippen molar-refractivity contribution in [2.75, 3.05) is 31.6 Å². The number of benzene rings is 2. The summed E-state index contributed by atoms with van der Waals surface area (Å²) in [6.45, 7) is 5.60. The van der Waals surface area contributed by atoms with Crippen LogP contribution in [0.4, 0.5) is 5.69 Å². The Morgan fingerprint density at radius 3 is 2.41 bits per heavy atom. The summed E-state index contributed by atoms with van der Waals surface area (Å²) in [4.78, 5) is 27.3. The van der Waals surface area contributed by atoms with Gasteiger partial charge in [-0.1, -0.05) is 30.3 Å². The molecule has 6 nitrogen and oxygen atoms in total. The van der Waals surface area contributed by atoms with Gasteiger partial charge in [0, 0.05) is 31.4 Å². The van der Waals surface area contributed by atoms with Gasteiger partial charge in [-0.25, -0.2) is 0 Å². The number of amides is 2. The highest BCUT2D eigenvalue weighted by molar-refractivity contribution is 6.00. The Balaban J connectivity index is 1.62. The largest absolute Gasteiger partial charge is 0.496 e. The molecule has 2 aromatic rings. The summed E-state index contributed by atoms with van der Waals surface area (Å²) >= 11 is 0. The van der Waals surface area contributed by atoms with Gasteiger partial charge in [-0.3, -0.25) is 9.59 Å². The van der Waals surface area contributed by atoms with Gasteiger partial charge in [-0.15, -0.1) is 6.58 Å². The van der Waals surface area contributed by atoms with Crippen LogP contribution in [0, 0.1) is 0 Å². The first-order valence-electron chi connectivity index (χ1n) is 9.81. The number of hydrogen-bond acceptors (Lipinski definition) is 4. The molecule has 0 radical (unpaired) electrons. The lowest BCUT2D eigenvalue weighted by Crippen LogP contribution is -2.45. The minimum absolute atomic E-state index is 0.0883. The van der Waals surface area contributed by atoms with E-state index in [1.165, 1.54) is 0 Å². The van der Waals surface area contributed by atoms with Crippen molar-refractivity contribution in [1.29, 1.82) is 0 Å². The second kappa shape index (κ2) is 9.78. The average Bonchev–Trinajstić information content (AvgIpc) is 2.78. The first-order valence-corrected chi connectivity index (χ1v) is 9.81. The number of ether oxygens (including phenoxy) is 1. The van der Waals surface area contributed by atoms with Crippen molar-refractivity contribution in [1.82, 2.24) is 10.6 Å². The van der Waals surface area contributed by atoms with E-state index in [4.69, 9.17) is 4.74 Å². The van der Waals surface area contributed by atoms with Gasteiger partial charge in [0.05, 0.1) is 18.2 Å². The zero-order valence-corrected chi connectivity index (χ0v) is 16.7. The van der Waals surface area contributed by atoms with Gasteiger partial charge in [-0.2, -0.15) is 0 Å². The average molecular weight is 393 g/mol. The molecule has 0 bridgehead atoms. The highest BCUT2D eigenvalue weighted by atomic mass is 16.5. The zero-order valence-electron chi connectivity index (χ0n) is 16.7. The molecule has 0 unspecified atom stereocenters. The molecule has 0 aliphatic carbocycles. The molecular weight excluding hydrogens is 366 g/mol. The molecule has 2 aromatic carbocycles. The third-order valence-electron chi connectivity index (χ3n) is 5.08. The number of nitrogens with one attached hydrogen (secondary N) is 2. The molecule has 1 heterocycles. The molecule has 152 valence electrons. The van der Waals surface area contributed by atoms with Gasteiger partial charge < -0.3 is 20.3 Å². The van der Waals surface area contributed by atoms with E-state index in [1.807, 2.05) is 36.4 Å². The molecule has 1 aliphatic rings. The molecule has 3 rings (SSSR count). The number of carbonyl (C=O) groups excluding carboxylic acids is 2. The third-order valence-corrected chi connectivity index (χ3v) is 5.08. The number of nitrogens with zero attached hydrogens (tertiary/aromatic N) is 1. The highest BCUT2D eigenvalue weighted by Gasteiger charge is 2.24. The Morgan fingerprint density at radius 1 is 1.07 bits per heavy atom. The van der Waals surface area contributed by atoms with Gasteiger partial charge in [0.1, 0.15) is 5.75 Å². The van der Waals surface area contributed by atoms with E-state index in [0.29, 0.717) is 23.4 Å². The maximum Gasteiger partial charge on any atom is 0.255 e. The molecular formula is C23H27N3O3.